The van der Waals surface area contributed by atoms with Crippen LogP contribution in [0.3, 0.4) is 0 Å². The molecule has 2 aromatic carbocycles. The molecule has 0 saturated heterocycles. The third kappa shape index (κ3) is 4.42. The maximum absolute atomic E-state index is 12.1. The second kappa shape index (κ2) is 7.58. The molecule has 0 bridgehead atoms. The van der Waals surface area contributed by atoms with Gasteiger partial charge in [0.15, 0.2) is 12.4 Å². The van der Waals surface area contributed by atoms with Gasteiger partial charge in [-0.15, -0.1) is 0 Å². The highest BCUT2D eigenvalue weighted by atomic mass is 16.5. The van der Waals surface area contributed by atoms with E-state index in [-0.39, 0.29) is 12.4 Å². The van der Waals surface area contributed by atoms with Crippen molar-refractivity contribution < 1.29 is 19.1 Å². The molecule has 2 aromatic rings. The minimum atomic E-state index is -0.523. The Bertz CT molecular complexity index is 702. The average molecular weight is 312 g/mol. The summed E-state index contributed by atoms with van der Waals surface area (Å²) < 4.78 is 10.4. The van der Waals surface area contributed by atoms with E-state index in [2.05, 4.69) is 0 Å². The first-order chi connectivity index (χ1) is 11.0. The Morgan fingerprint density at radius 2 is 1.57 bits per heavy atom. The Hall–Kier alpha value is -2.62. The lowest BCUT2D eigenvalue weighted by Gasteiger charge is -2.07. The summed E-state index contributed by atoms with van der Waals surface area (Å²) in [6.45, 7) is 6.11. The van der Waals surface area contributed by atoms with Crippen LogP contribution >= 0.6 is 0 Å². The fraction of sp³-hybridized carbons (Fsp3) is 0.263. The van der Waals surface area contributed by atoms with Gasteiger partial charge in [-0.1, -0.05) is 12.1 Å². The summed E-state index contributed by atoms with van der Waals surface area (Å²) in [7, 11) is 0. The highest BCUT2D eigenvalue weighted by Gasteiger charge is 2.12. The van der Waals surface area contributed by atoms with Crippen LogP contribution in [0.25, 0.3) is 0 Å². The number of ketones is 1. The molecule has 0 unspecified atom stereocenters. The number of carbonyl (C=O) groups excluding carboxylic acids is 2. The molecule has 2 rings (SSSR count). The molecule has 0 fully saturated rings. The quantitative estimate of drug-likeness (QED) is 0.602. The Balaban J connectivity index is 1.95. The predicted octanol–water partition coefficient (Wildman–Crippen LogP) is 3.74. The van der Waals surface area contributed by atoms with Crippen molar-refractivity contribution in [3.8, 4) is 5.75 Å². The molecule has 4 heteroatoms. The highest BCUT2D eigenvalue weighted by molar-refractivity contribution is 5.99. The number of hydrogen-bond acceptors (Lipinski definition) is 4. The molecule has 0 aliphatic heterocycles. The molecule has 0 N–H and O–H groups in total. The zero-order valence-electron chi connectivity index (χ0n) is 13.6. The number of aryl methyl sites for hydroxylation is 2. The van der Waals surface area contributed by atoms with Gasteiger partial charge in [0.05, 0.1) is 12.2 Å². The van der Waals surface area contributed by atoms with E-state index in [4.69, 9.17) is 9.47 Å². The molecular weight excluding hydrogens is 292 g/mol. The number of benzene rings is 2. The van der Waals surface area contributed by atoms with Crippen molar-refractivity contribution in [3.63, 3.8) is 0 Å². The summed E-state index contributed by atoms with van der Waals surface area (Å²) in [5.41, 5.74) is 3.09. The van der Waals surface area contributed by atoms with Gasteiger partial charge in [0.2, 0.25) is 0 Å². The van der Waals surface area contributed by atoms with E-state index >= 15 is 0 Å². The van der Waals surface area contributed by atoms with Gasteiger partial charge in [0.25, 0.3) is 0 Å². The smallest absolute Gasteiger partial charge is 0.338 e. The van der Waals surface area contributed by atoms with Crippen molar-refractivity contribution in [2.24, 2.45) is 0 Å². The second-order valence-electron chi connectivity index (χ2n) is 5.26. The van der Waals surface area contributed by atoms with Gasteiger partial charge in [-0.25, -0.2) is 4.79 Å². The zero-order chi connectivity index (χ0) is 16.8. The third-order valence-electron chi connectivity index (χ3n) is 3.56. The van der Waals surface area contributed by atoms with E-state index in [0.29, 0.717) is 23.5 Å². The van der Waals surface area contributed by atoms with Crippen LogP contribution in [0.5, 0.6) is 5.75 Å². The SMILES string of the molecule is CCOc1ccc(C(=O)OCC(=O)c2ccc(C)c(C)c2)cc1. The Morgan fingerprint density at radius 1 is 0.913 bits per heavy atom. The molecule has 0 spiro atoms. The van der Waals surface area contributed by atoms with Crippen LogP contribution < -0.4 is 4.74 Å². The fourth-order valence-corrected chi connectivity index (χ4v) is 2.07. The van der Waals surface area contributed by atoms with Gasteiger partial charge in [-0.05, 0) is 62.2 Å². The summed E-state index contributed by atoms with van der Waals surface area (Å²) in [6.07, 6.45) is 0. The van der Waals surface area contributed by atoms with E-state index in [1.165, 1.54) is 0 Å². The van der Waals surface area contributed by atoms with Crippen LogP contribution in [0.2, 0.25) is 0 Å². The minimum Gasteiger partial charge on any atom is -0.494 e. The van der Waals surface area contributed by atoms with Crippen molar-refractivity contribution >= 4 is 11.8 Å². The van der Waals surface area contributed by atoms with Crippen molar-refractivity contribution in [1.29, 1.82) is 0 Å². The lowest BCUT2D eigenvalue weighted by molar-refractivity contribution is 0.0474. The largest absolute Gasteiger partial charge is 0.494 e. The average Bonchev–Trinajstić information content (AvgIpc) is 2.56. The first-order valence-electron chi connectivity index (χ1n) is 7.51. The van der Waals surface area contributed by atoms with Crippen molar-refractivity contribution in [1.82, 2.24) is 0 Å². The summed E-state index contributed by atoms with van der Waals surface area (Å²) in [4.78, 5) is 24.0. The number of hydrogen-bond donors (Lipinski definition) is 0. The van der Waals surface area contributed by atoms with Crippen molar-refractivity contribution in [2.45, 2.75) is 20.8 Å². The van der Waals surface area contributed by atoms with Crippen molar-refractivity contribution in [2.75, 3.05) is 13.2 Å². The number of ether oxygens (including phenoxy) is 2. The lowest BCUT2D eigenvalue weighted by Crippen LogP contribution is -2.14. The van der Waals surface area contributed by atoms with Crippen LogP contribution in [0.15, 0.2) is 42.5 Å². The Morgan fingerprint density at radius 3 is 2.17 bits per heavy atom. The number of carbonyl (C=O) groups is 2. The van der Waals surface area contributed by atoms with E-state index < -0.39 is 5.97 Å². The van der Waals surface area contributed by atoms with E-state index in [1.54, 1.807) is 30.3 Å². The van der Waals surface area contributed by atoms with E-state index in [1.807, 2.05) is 32.9 Å². The molecule has 0 saturated carbocycles. The maximum atomic E-state index is 12.1. The van der Waals surface area contributed by atoms with Crippen LogP contribution in [0, 0.1) is 13.8 Å². The highest BCUT2D eigenvalue weighted by Crippen LogP contribution is 2.14. The Kier molecular flexibility index (Phi) is 5.52. The standard InChI is InChI=1S/C19H20O4/c1-4-22-17-9-7-15(8-10-17)19(21)23-12-18(20)16-6-5-13(2)14(3)11-16/h5-11H,4,12H2,1-3H3. The van der Waals surface area contributed by atoms with Crippen LogP contribution in [0.1, 0.15) is 38.8 Å². The number of esters is 1. The number of Topliss-reactive ketones (excluding diaryl/α,β-unsaturated/α-hetero) is 1. The van der Waals surface area contributed by atoms with Crippen LogP contribution in [-0.4, -0.2) is 25.0 Å². The molecule has 0 aliphatic carbocycles. The van der Waals surface area contributed by atoms with Gasteiger partial charge in [-0.2, -0.15) is 0 Å². The fourth-order valence-electron chi connectivity index (χ4n) is 2.07. The van der Waals surface area contributed by atoms with Gasteiger partial charge < -0.3 is 9.47 Å². The molecule has 0 aromatic heterocycles. The first kappa shape index (κ1) is 16.7. The normalized spacial score (nSPS) is 10.2. The molecule has 23 heavy (non-hydrogen) atoms. The van der Waals surface area contributed by atoms with Crippen LogP contribution in [-0.2, 0) is 4.74 Å². The molecular formula is C19H20O4. The monoisotopic (exact) mass is 312 g/mol. The molecule has 0 amide bonds. The Labute approximate surface area is 136 Å². The van der Waals surface area contributed by atoms with Gasteiger partial charge in [0.1, 0.15) is 5.75 Å². The maximum Gasteiger partial charge on any atom is 0.338 e. The molecule has 0 atom stereocenters. The first-order valence-corrected chi connectivity index (χ1v) is 7.51. The van der Waals surface area contributed by atoms with Gasteiger partial charge in [-0.3, -0.25) is 4.79 Å². The lowest BCUT2D eigenvalue weighted by atomic mass is 10.0. The third-order valence-corrected chi connectivity index (χ3v) is 3.56. The summed E-state index contributed by atoms with van der Waals surface area (Å²) in [5.74, 6) is -0.0483. The molecule has 120 valence electrons. The van der Waals surface area contributed by atoms with Gasteiger partial charge >= 0.3 is 5.97 Å². The predicted molar refractivity (Wildman–Crippen MR) is 88.1 cm³/mol. The topological polar surface area (TPSA) is 52.6 Å². The van der Waals surface area contributed by atoms with Crippen molar-refractivity contribution in [3.05, 3.63) is 64.7 Å². The molecule has 0 aliphatic rings. The summed E-state index contributed by atoms with van der Waals surface area (Å²) >= 11 is 0. The molecule has 0 radical (unpaired) electrons. The zero-order valence-corrected chi connectivity index (χ0v) is 13.6. The van der Waals surface area contributed by atoms with E-state index in [9.17, 15) is 9.59 Å². The molecule has 4 nitrogen and oxygen atoms in total. The second-order valence-corrected chi connectivity index (χ2v) is 5.26. The number of rotatable bonds is 6. The summed E-state index contributed by atoms with van der Waals surface area (Å²) in [6, 6.07) is 12.1. The molecule has 0 heterocycles. The summed E-state index contributed by atoms with van der Waals surface area (Å²) in [5, 5.41) is 0. The van der Waals surface area contributed by atoms with Gasteiger partial charge in [0, 0.05) is 5.56 Å². The van der Waals surface area contributed by atoms with E-state index in [0.717, 1.165) is 11.1 Å². The minimum absolute atomic E-state index is 0.215. The van der Waals surface area contributed by atoms with Crippen LogP contribution in [0.4, 0.5) is 0 Å².